The van der Waals surface area contributed by atoms with Gasteiger partial charge in [-0.15, -0.1) is 11.8 Å². The topological polar surface area (TPSA) is 54.9 Å². The lowest BCUT2D eigenvalue weighted by atomic mass is 10.1. The fraction of sp³-hybridized carbons (Fsp3) is 0.250. The molecule has 2 aromatic carbocycles. The van der Waals surface area contributed by atoms with E-state index in [0.29, 0.717) is 11.5 Å². The Morgan fingerprint density at radius 2 is 1.72 bits per heavy atom. The number of anilines is 1. The molecule has 128 valence electrons. The number of rotatable bonds is 5. The van der Waals surface area contributed by atoms with Crippen molar-refractivity contribution in [2.45, 2.75) is 26.5 Å². The van der Waals surface area contributed by atoms with E-state index in [9.17, 15) is 4.79 Å². The van der Waals surface area contributed by atoms with Crippen molar-refractivity contribution >= 4 is 34.4 Å². The van der Waals surface area contributed by atoms with Gasteiger partial charge in [0, 0.05) is 11.4 Å². The standard InChI is InChI=1S/C20H21N3OS/c1-13-8-9-16(10-14(13)2)22-20(24)12-25-11-19-15(3)21-17-6-4-5-7-18(17)23-19/h4-10H,11-12H2,1-3H3,(H,22,24). The molecule has 0 aliphatic heterocycles. The van der Waals surface area contributed by atoms with Crippen LogP contribution in [0.15, 0.2) is 42.5 Å². The minimum Gasteiger partial charge on any atom is -0.325 e. The molecule has 5 heteroatoms. The van der Waals surface area contributed by atoms with Crippen LogP contribution in [0.25, 0.3) is 11.0 Å². The summed E-state index contributed by atoms with van der Waals surface area (Å²) in [5.41, 5.74) is 6.88. The molecule has 0 radical (unpaired) electrons. The van der Waals surface area contributed by atoms with Crippen LogP contribution in [0.3, 0.4) is 0 Å². The lowest BCUT2D eigenvalue weighted by molar-refractivity contribution is -0.113. The number of hydrogen-bond acceptors (Lipinski definition) is 4. The summed E-state index contributed by atoms with van der Waals surface area (Å²) in [6.07, 6.45) is 0. The van der Waals surface area contributed by atoms with Crippen molar-refractivity contribution < 1.29 is 4.79 Å². The Morgan fingerprint density at radius 1 is 1.00 bits per heavy atom. The number of aryl methyl sites for hydroxylation is 3. The summed E-state index contributed by atoms with van der Waals surface area (Å²) < 4.78 is 0. The minimum atomic E-state index is -0.000320. The van der Waals surface area contributed by atoms with Crippen molar-refractivity contribution in [3.63, 3.8) is 0 Å². The van der Waals surface area contributed by atoms with Crippen LogP contribution in [0.1, 0.15) is 22.5 Å². The molecular formula is C20H21N3OS. The van der Waals surface area contributed by atoms with Crippen molar-refractivity contribution in [1.82, 2.24) is 9.97 Å². The number of benzene rings is 2. The normalized spacial score (nSPS) is 10.8. The van der Waals surface area contributed by atoms with E-state index in [2.05, 4.69) is 22.2 Å². The Balaban J connectivity index is 1.58. The number of nitrogens with zero attached hydrogens (tertiary/aromatic N) is 2. The predicted octanol–water partition coefficient (Wildman–Crippen LogP) is 4.43. The monoisotopic (exact) mass is 351 g/mol. The average molecular weight is 351 g/mol. The molecule has 0 saturated carbocycles. The van der Waals surface area contributed by atoms with E-state index in [4.69, 9.17) is 0 Å². The Morgan fingerprint density at radius 3 is 2.44 bits per heavy atom. The van der Waals surface area contributed by atoms with Crippen molar-refractivity contribution in [1.29, 1.82) is 0 Å². The zero-order valence-electron chi connectivity index (χ0n) is 14.7. The zero-order valence-corrected chi connectivity index (χ0v) is 15.5. The highest BCUT2D eigenvalue weighted by Gasteiger charge is 2.08. The van der Waals surface area contributed by atoms with E-state index >= 15 is 0 Å². The van der Waals surface area contributed by atoms with Crippen LogP contribution in [0.5, 0.6) is 0 Å². The number of amides is 1. The number of carbonyl (C=O) groups is 1. The molecule has 3 aromatic rings. The molecular weight excluding hydrogens is 330 g/mol. The third-order valence-corrected chi connectivity index (χ3v) is 5.05. The molecule has 0 spiro atoms. The predicted molar refractivity (Wildman–Crippen MR) is 105 cm³/mol. The van der Waals surface area contributed by atoms with Gasteiger partial charge in [-0.1, -0.05) is 18.2 Å². The highest BCUT2D eigenvalue weighted by atomic mass is 32.2. The van der Waals surface area contributed by atoms with E-state index in [1.54, 1.807) is 11.8 Å². The lowest BCUT2D eigenvalue weighted by Crippen LogP contribution is -2.14. The van der Waals surface area contributed by atoms with Gasteiger partial charge >= 0.3 is 0 Å². The molecule has 0 aliphatic carbocycles. The van der Waals surface area contributed by atoms with Crippen LogP contribution in [0.4, 0.5) is 5.69 Å². The lowest BCUT2D eigenvalue weighted by Gasteiger charge is -2.08. The number of fused-ring (bicyclic) bond motifs is 1. The highest BCUT2D eigenvalue weighted by Crippen LogP contribution is 2.18. The van der Waals surface area contributed by atoms with Crippen molar-refractivity contribution in [3.8, 4) is 0 Å². The van der Waals surface area contributed by atoms with Crippen LogP contribution >= 0.6 is 11.8 Å². The second kappa shape index (κ2) is 7.66. The molecule has 0 fully saturated rings. The quantitative estimate of drug-likeness (QED) is 0.739. The van der Waals surface area contributed by atoms with Crippen LogP contribution in [0.2, 0.25) is 0 Å². The maximum absolute atomic E-state index is 12.1. The fourth-order valence-corrected chi connectivity index (χ4v) is 3.34. The van der Waals surface area contributed by atoms with E-state index in [1.165, 1.54) is 11.1 Å². The van der Waals surface area contributed by atoms with Crippen LogP contribution in [0, 0.1) is 20.8 Å². The van der Waals surface area contributed by atoms with E-state index in [0.717, 1.165) is 28.1 Å². The first kappa shape index (κ1) is 17.4. The molecule has 4 nitrogen and oxygen atoms in total. The molecule has 0 atom stereocenters. The van der Waals surface area contributed by atoms with Crippen molar-refractivity contribution in [2.75, 3.05) is 11.1 Å². The summed E-state index contributed by atoms with van der Waals surface area (Å²) in [6.45, 7) is 6.06. The summed E-state index contributed by atoms with van der Waals surface area (Å²) in [4.78, 5) is 21.4. The summed E-state index contributed by atoms with van der Waals surface area (Å²) >= 11 is 1.55. The first-order chi connectivity index (χ1) is 12.0. The van der Waals surface area contributed by atoms with E-state index in [-0.39, 0.29) is 5.91 Å². The van der Waals surface area contributed by atoms with Gasteiger partial charge in [-0.2, -0.15) is 0 Å². The van der Waals surface area contributed by atoms with Gasteiger partial charge in [0.15, 0.2) is 0 Å². The number of hydrogen-bond donors (Lipinski definition) is 1. The van der Waals surface area contributed by atoms with Gasteiger partial charge in [-0.25, -0.2) is 9.97 Å². The first-order valence-electron chi connectivity index (χ1n) is 8.20. The molecule has 0 saturated heterocycles. The van der Waals surface area contributed by atoms with Crippen molar-refractivity contribution in [2.24, 2.45) is 0 Å². The van der Waals surface area contributed by atoms with Gasteiger partial charge in [-0.3, -0.25) is 4.79 Å². The second-order valence-electron chi connectivity index (χ2n) is 6.08. The minimum absolute atomic E-state index is 0.000320. The van der Waals surface area contributed by atoms with Gasteiger partial charge in [0.1, 0.15) is 0 Å². The number of carbonyl (C=O) groups excluding carboxylic acids is 1. The molecule has 1 heterocycles. The smallest absolute Gasteiger partial charge is 0.234 e. The van der Waals surface area contributed by atoms with Gasteiger partial charge in [0.05, 0.1) is 28.2 Å². The van der Waals surface area contributed by atoms with Gasteiger partial charge in [-0.05, 0) is 56.2 Å². The Kier molecular flexibility index (Phi) is 5.34. The fourth-order valence-electron chi connectivity index (χ4n) is 2.52. The molecule has 3 rings (SSSR count). The number of nitrogens with one attached hydrogen (secondary N) is 1. The van der Waals surface area contributed by atoms with Crippen LogP contribution in [-0.4, -0.2) is 21.6 Å². The third-order valence-electron chi connectivity index (χ3n) is 4.11. The molecule has 0 aliphatic rings. The highest BCUT2D eigenvalue weighted by molar-refractivity contribution is 7.99. The average Bonchev–Trinajstić information content (AvgIpc) is 2.58. The summed E-state index contributed by atoms with van der Waals surface area (Å²) in [5, 5.41) is 2.94. The summed E-state index contributed by atoms with van der Waals surface area (Å²) in [6, 6.07) is 13.8. The second-order valence-corrected chi connectivity index (χ2v) is 7.07. The SMILES string of the molecule is Cc1ccc(NC(=O)CSCc2nc3ccccc3nc2C)cc1C. The molecule has 1 aromatic heterocycles. The largest absolute Gasteiger partial charge is 0.325 e. The maximum atomic E-state index is 12.1. The van der Waals surface area contributed by atoms with Crippen LogP contribution < -0.4 is 5.32 Å². The Hall–Kier alpha value is -2.40. The van der Waals surface area contributed by atoms with E-state index < -0.39 is 0 Å². The molecule has 25 heavy (non-hydrogen) atoms. The third kappa shape index (κ3) is 4.37. The number of aromatic nitrogens is 2. The van der Waals surface area contributed by atoms with E-state index in [1.807, 2.05) is 56.3 Å². The van der Waals surface area contributed by atoms with Gasteiger partial charge in [0.2, 0.25) is 5.91 Å². The Labute approximate surface area is 152 Å². The first-order valence-corrected chi connectivity index (χ1v) is 9.35. The molecule has 1 N–H and O–H groups in total. The maximum Gasteiger partial charge on any atom is 0.234 e. The summed E-state index contributed by atoms with van der Waals surface area (Å²) in [7, 11) is 0. The number of thioether (sulfide) groups is 1. The zero-order chi connectivity index (χ0) is 17.8. The molecule has 0 bridgehead atoms. The Bertz CT molecular complexity index is 924. The number of para-hydroxylation sites is 2. The molecule has 0 unspecified atom stereocenters. The molecule has 1 amide bonds. The van der Waals surface area contributed by atoms with Gasteiger partial charge in [0.25, 0.3) is 0 Å². The van der Waals surface area contributed by atoms with Crippen molar-refractivity contribution in [3.05, 3.63) is 65.0 Å². The summed E-state index contributed by atoms with van der Waals surface area (Å²) in [5.74, 6) is 1.06. The van der Waals surface area contributed by atoms with Crippen LogP contribution in [-0.2, 0) is 10.5 Å². The van der Waals surface area contributed by atoms with Gasteiger partial charge < -0.3 is 5.32 Å².